The molecule has 2 fully saturated rings. The highest BCUT2D eigenvalue weighted by molar-refractivity contribution is 6.72. The third kappa shape index (κ3) is 6.23. The number of methoxy groups -OCH3 is 1. The van der Waals surface area contributed by atoms with E-state index in [-0.39, 0.29) is 49.8 Å². The Morgan fingerprint density at radius 2 is 1.94 bits per heavy atom. The molecule has 7 rings (SSSR count). The first-order chi connectivity index (χ1) is 24.4. The predicted molar refractivity (Wildman–Crippen MR) is 196 cm³/mol. The van der Waals surface area contributed by atoms with Crippen molar-refractivity contribution in [3.05, 3.63) is 89.6 Å². The highest BCUT2D eigenvalue weighted by Crippen LogP contribution is 2.60. The molecule has 0 unspecified atom stereocenters. The first-order valence-corrected chi connectivity index (χ1v) is 20.6. The van der Waals surface area contributed by atoms with E-state index in [9.17, 15) is 19.5 Å². The zero-order chi connectivity index (χ0) is 36.1. The van der Waals surface area contributed by atoms with Crippen LogP contribution in [-0.2, 0) is 37.7 Å². The minimum atomic E-state index is -3.50. The second kappa shape index (κ2) is 13.6. The molecule has 0 saturated carbocycles. The summed E-state index contributed by atoms with van der Waals surface area (Å²) in [6, 6.07) is 20.4. The standard InChI is InChI=1S/C39H45FN4O6Si/c1-24-37(51(3,4)40)34(20-36(47)43-16-8-11-28(43)23-45)50-39(24)31-19-29(49-2)14-15-33(31)44(38(39)48)22-25-9-7-10-27(17-25)42-35(46)18-26-21-41-32-13-6-5-12-30(26)32/h5-7,9-10,12-15,17,19,21,24,28,34,37,41,45H,8,11,16,18,20,22-23H2,1-4H3,(H,42,46)/t24-,28-,34+,37-,39+/m0/s1. The number of H-pyrrole nitrogens is 1. The van der Waals surface area contributed by atoms with Gasteiger partial charge in [-0.3, -0.25) is 14.4 Å². The molecule has 51 heavy (non-hydrogen) atoms. The number of aliphatic hydroxyl groups excluding tert-OH is 1. The summed E-state index contributed by atoms with van der Waals surface area (Å²) in [6.07, 6.45) is 2.67. The molecular weight excluding hydrogens is 668 g/mol. The molecule has 10 nitrogen and oxygen atoms in total. The van der Waals surface area contributed by atoms with E-state index < -0.39 is 31.6 Å². The molecule has 3 aromatic carbocycles. The number of halogens is 1. The largest absolute Gasteiger partial charge is 0.497 e. The van der Waals surface area contributed by atoms with Gasteiger partial charge in [0.15, 0.2) is 5.60 Å². The van der Waals surface area contributed by atoms with Gasteiger partial charge in [0.2, 0.25) is 20.2 Å². The summed E-state index contributed by atoms with van der Waals surface area (Å²) in [7, 11) is -1.94. The molecule has 3 aliphatic heterocycles. The maximum atomic E-state index is 16.3. The number of likely N-dealkylation sites (tertiary alicyclic amines) is 1. The average Bonchev–Trinajstić information content (AvgIpc) is 3.86. The number of hydrogen-bond acceptors (Lipinski definition) is 6. The van der Waals surface area contributed by atoms with Crippen LogP contribution in [0.15, 0.2) is 72.9 Å². The first kappa shape index (κ1) is 34.9. The number of carbonyl (C=O) groups excluding carboxylic acids is 3. The number of anilines is 2. The Hall–Kier alpha value is -4.52. The fourth-order valence-corrected chi connectivity index (χ4v) is 11.2. The first-order valence-electron chi connectivity index (χ1n) is 17.7. The number of hydrogen-bond donors (Lipinski definition) is 3. The van der Waals surface area contributed by atoms with Gasteiger partial charge in [-0.2, -0.15) is 0 Å². The molecule has 1 aromatic heterocycles. The highest BCUT2D eigenvalue weighted by Gasteiger charge is 2.67. The molecule has 12 heteroatoms. The number of rotatable bonds is 10. The number of carbonyl (C=O) groups is 3. The predicted octanol–water partition coefficient (Wildman–Crippen LogP) is 6.05. The fraction of sp³-hybridized carbons (Fsp3) is 0.410. The lowest BCUT2D eigenvalue weighted by atomic mass is 9.82. The van der Waals surface area contributed by atoms with Gasteiger partial charge in [0, 0.05) is 46.4 Å². The number of nitrogens with zero attached hydrogens (tertiary/aromatic N) is 2. The highest BCUT2D eigenvalue weighted by atomic mass is 28.4. The third-order valence-electron chi connectivity index (χ3n) is 11.0. The molecule has 268 valence electrons. The second-order valence-corrected chi connectivity index (χ2v) is 18.4. The van der Waals surface area contributed by atoms with Crippen molar-refractivity contribution in [1.29, 1.82) is 0 Å². The van der Waals surface area contributed by atoms with Gasteiger partial charge >= 0.3 is 0 Å². The molecule has 0 aliphatic carbocycles. The monoisotopic (exact) mass is 712 g/mol. The Kier molecular flexibility index (Phi) is 9.27. The summed E-state index contributed by atoms with van der Waals surface area (Å²) >= 11 is 0. The van der Waals surface area contributed by atoms with Crippen LogP contribution >= 0.6 is 0 Å². The van der Waals surface area contributed by atoms with Gasteiger partial charge in [0.25, 0.3) is 5.91 Å². The lowest BCUT2D eigenvalue weighted by Crippen LogP contribution is -2.45. The van der Waals surface area contributed by atoms with Crippen LogP contribution in [0.5, 0.6) is 5.75 Å². The molecule has 4 aromatic rings. The molecule has 3 N–H and O–H groups in total. The van der Waals surface area contributed by atoms with Crippen LogP contribution in [0.25, 0.3) is 10.9 Å². The lowest BCUT2D eigenvalue weighted by Gasteiger charge is -2.31. The summed E-state index contributed by atoms with van der Waals surface area (Å²) in [5, 5.41) is 13.9. The summed E-state index contributed by atoms with van der Waals surface area (Å²) in [4.78, 5) is 48.1. The zero-order valence-electron chi connectivity index (χ0n) is 29.4. The lowest BCUT2D eigenvalue weighted by molar-refractivity contribution is -0.150. The number of amides is 3. The number of aliphatic hydroxyl groups is 1. The Bertz CT molecular complexity index is 1980. The maximum Gasteiger partial charge on any atom is 0.264 e. The molecule has 4 heterocycles. The van der Waals surface area contributed by atoms with Crippen molar-refractivity contribution in [3.8, 4) is 5.75 Å². The fourth-order valence-electron chi connectivity index (χ4n) is 8.74. The van der Waals surface area contributed by atoms with E-state index in [1.807, 2.05) is 67.7 Å². The molecule has 2 saturated heterocycles. The molecular formula is C39H45FN4O6Si. The van der Waals surface area contributed by atoms with Crippen LogP contribution in [-0.4, -0.2) is 73.5 Å². The molecule has 0 radical (unpaired) electrons. The molecule has 3 aliphatic rings. The molecule has 5 atom stereocenters. The number of aromatic nitrogens is 1. The normalized spacial score (nSPS) is 24.5. The Labute approximate surface area is 298 Å². The molecule has 1 spiro atoms. The summed E-state index contributed by atoms with van der Waals surface area (Å²) in [5.41, 5.74) is 2.31. The SMILES string of the molecule is COc1ccc2c(c1)[C@@]1(O[C@H](CC(=O)N3CCC[C@H]3CO)[C@@H]([Si](C)(C)F)[C@@H]1C)C(=O)N2Cc1cccc(NC(=O)Cc2c[nH]c3ccccc23)c1. The van der Waals surface area contributed by atoms with Crippen molar-refractivity contribution in [3.63, 3.8) is 0 Å². The topological polar surface area (TPSA) is 124 Å². The van der Waals surface area contributed by atoms with E-state index in [1.54, 1.807) is 42.1 Å². The van der Waals surface area contributed by atoms with Crippen LogP contribution in [0.3, 0.4) is 0 Å². The van der Waals surface area contributed by atoms with Gasteiger partial charge in [0.05, 0.1) is 50.9 Å². The van der Waals surface area contributed by atoms with Gasteiger partial charge in [0.1, 0.15) is 5.75 Å². The van der Waals surface area contributed by atoms with Gasteiger partial charge in [-0.25, -0.2) is 0 Å². The Morgan fingerprint density at radius 3 is 2.71 bits per heavy atom. The van der Waals surface area contributed by atoms with Crippen LogP contribution in [0.2, 0.25) is 18.6 Å². The van der Waals surface area contributed by atoms with E-state index in [1.165, 1.54) is 0 Å². The molecule has 0 bridgehead atoms. The van der Waals surface area contributed by atoms with E-state index in [2.05, 4.69) is 10.3 Å². The van der Waals surface area contributed by atoms with Crippen LogP contribution in [0.4, 0.5) is 15.5 Å². The van der Waals surface area contributed by atoms with Crippen molar-refractivity contribution < 1.29 is 33.1 Å². The van der Waals surface area contributed by atoms with Crippen molar-refractivity contribution in [2.75, 3.05) is 30.5 Å². The molecule has 3 amide bonds. The van der Waals surface area contributed by atoms with E-state index in [0.29, 0.717) is 29.2 Å². The maximum absolute atomic E-state index is 16.3. The minimum absolute atomic E-state index is 0.0690. The number of nitrogens with one attached hydrogen (secondary N) is 2. The summed E-state index contributed by atoms with van der Waals surface area (Å²) < 4.78 is 28.7. The third-order valence-corrected chi connectivity index (χ3v) is 13.5. The zero-order valence-corrected chi connectivity index (χ0v) is 30.4. The smallest absolute Gasteiger partial charge is 0.264 e. The van der Waals surface area contributed by atoms with Crippen molar-refractivity contribution >= 4 is 48.4 Å². The van der Waals surface area contributed by atoms with Crippen LogP contribution in [0.1, 0.15) is 42.9 Å². The Morgan fingerprint density at radius 1 is 1.14 bits per heavy atom. The number of benzene rings is 3. The van der Waals surface area contributed by atoms with Crippen molar-refractivity contribution in [2.45, 2.75) is 75.5 Å². The van der Waals surface area contributed by atoms with E-state index in [4.69, 9.17) is 9.47 Å². The van der Waals surface area contributed by atoms with Crippen molar-refractivity contribution in [2.24, 2.45) is 5.92 Å². The van der Waals surface area contributed by atoms with Crippen molar-refractivity contribution in [1.82, 2.24) is 9.88 Å². The summed E-state index contributed by atoms with van der Waals surface area (Å²) in [6.45, 7) is 5.68. The summed E-state index contributed by atoms with van der Waals surface area (Å²) in [5.74, 6) is -0.718. The second-order valence-electron chi connectivity index (χ2n) is 14.6. The Balaban J connectivity index is 1.16. The average molecular weight is 713 g/mol. The quantitative estimate of drug-likeness (QED) is 0.136. The number of para-hydroxylation sites is 1. The number of fused-ring (bicyclic) bond motifs is 3. The van der Waals surface area contributed by atoms with Crippen LogP contribution in [0, 0.1) is 5.92 Å². The van der Waals surface area contributed by atoms with Gasteiger partial charge in [-0.05, 0) is 73.5 Å². The van der Waals surface area contributed by atoms with Gasteiger partial charge in [-0.1, -0.05) is 37.3 Å². The van der Waals surface area contributed by atoms with Crippen LogP contribution < -0.4 is 15.0 Å². The van der Waals surface area contributed by atoms with Gasteiger partial charge in [-0.15, -0.1) is 0 Å². The van der Waals surface area contributed by atoms with Gasteiger partial charge < -0.3 is 38.8 Å². The number of ether oxygens (including phenoxy) is 2. The minimum Gasteiger partial charge on any atom is -0.497 e. The van der Waals surface area contributed by atoms with E-state index in [0.717, 1.165) is 34.9 Å². The van der Waals surface area contributed by atoms with E-state index >= 15 is 4.11 Å². The number of aromatic amines is 1.